The number of benzene rings is 2. The molecule has 2 N–H and O–H groups in total. The SMILES string of the molecule is CCCN(CCC)c1cc(=O)n2cccc(-c3ccc(N)c4c3oc3ccccc34)c2n1. The van der Waals surface area contributed by atoms with E-state index in [4.69, 9.17) is 15.1 Å². The number of hydrogen-bond acceptors (Lipinski definition) is 5. The summed E-state index contributed by atoms with van der Waals surface area (Å²) in [7, 11) is 0. The zero-order valence-electron chi connectivity index (χ0n) is 18.3. The van der Waals surface area contributed by atoms with Gasteiger partial charge in [0, 0.05) is 47.6 Å². The largest absolute Gasteiger partial charge is 0.455 e. The zero-order valence-corrected chi connectivity index (χ0v) is 18.3. The number of nitrogen functional groups attached to an aromatic ring is 1. The molecular weight excluding hydrogens is 400 g/mol. The van der Waals surface area contributed by atoms with E-state index in [0.717, 1.165) is 53.4 Å². The Kier molecular flexibility index (Phi) is 5.05. The average Bonchev–Trinajstić information content (AvgIpc) is 3.19. The molecule has 3 aromatic heterocycles. The van der Waals surface area contributed by atoms with Gasteiger partial charge in [0.1, 0.15) is 22.6 Å². The van der Waals surface area contributed by atoms with Gasteiger partial charge in [-0.15, -0.1) is 0 Å². The minimum Gasteiger partial charge on any atom is -0.455 e. The van der Waals surface area contributed by atoms with Crippen molar-refractivity contribution in [1.29, 1.82) is 0 Å². The summed E-state index contributed by atoms with van der Waals surface area (Å²) >= 11 is 0. The molecule has 0 saturated carbocycles. The van der Waals surface area contributed by atoms with Crippen LogP contribution in [0.25, 0.3) is 38.7 Å². The van der Waals surface area contributed by atoms with Gasteiger partial charge in [0.2, 0.25) is 0 Å². The van der Waals surface area contributed by atoms with Gasteiger partial charge in [0.25, 0.3) is 5.56 Å². The maximum Gasteiger partial charge on any atom is 0.259 e. The minimum absolute atomic E-state index is 0.0969. The molecule has 0 unspecified atom stereocenters. The summed E-state index contributed by atoms with van der Waals surface area (Å²) in [6, 6.07) is 17.2. The number of nitrogens with two attached hydrogens (primary N) is 1. The van der Waals surface area contributed by atoms with Gasteiger partial charge in [-0.1, -0.05) is 32.0 Å². The van der Waals surface area contributed by atoms with Crippen LogP contribution >= 0.6 is 0 Å². The molecule has 0 aliphatic heterocycles. The second kappa shape index (κ2) is 8.04. The Morgan fingerprint density at radius 1 is 1.00 bits per heavy atom. The first-order valence-corrected chi connectivity index (χ1v) is 11.1. The molecule has 6 nitrogen and oxygen atoms in total. The van der Waals surface area contributed by atoms with Crippen LogP contribution in [0.4, 0.5) is 11.5 Å². The van der Waals surface area contributed by atoms with Crippen LogP contribution in [0.3, 0.4) is 0 Å². The molecule has 2 aromatic carbocycles. The molecule has 0 radical (unpaired) electrons. The molecule has 5 aromatic rings. The zero-order chi connectivity index (χ0) is 22.2. The van der Waals surface area contributed by atoms with Gasteiger partial charge in [-0.25, -0.2) is 4.98 Å². The monoisotopic (exact) mass is 426 g/mol. The van der Waals surface area contributed by atoms with Crippen molar-refractivity contribution < 1.29 is 4.42 Å². The lowest BCUT2D eigenvalue weighted by atomic mass is 10.0. The van der Waals surface area contributed by atoms with Gasteiger partial charge in [-0.05, 0) is 43.2 Å². The van der Waals surface area contributed by atoms with Crippen LogP contribution in [0, 0.1) is 0 Å². The third-order valence-electron chi connectivity index (χ3n) is 5.84. The van der Waals surface area contributed by atoms with Crippen LogP contribution in [0.2, 0.25) is 0 Å². The molecule has 6 heteroatoms. The maximum atomic E-state index is 13.0. The first-order valence-electron chi connectivity index (χ1n) is 11.1. The molecule has 32 heavy (non-hydrogen) atoms. The minimum atomic E-state index is -0.0969. The van der Waals surface area contributed by atoms with Crippen LogP contribution < -0.4 is 16.2 Å². The highest BCUT2D eigenvalue weighted by atomic mass is 16.3. The van der Waals surface area contributed by atoms with Gasteiger partial charge in [-0.2, -0.15) is 0 Å². The predicted octanol–water partition coefficient (Wildman–Crippen LogP) is 5.47. The molecule has 0 saturated heterocycles. The molecule has 0 fully saturated rings. The number of pyridine rings is 1. The number of aromatic nitrogens is 2. The van der Waals surface area contributed by atoms with Gasteiger partial charge < -0.3 is 15.1 Å². The van der Waals surface area contributed by atoms with E-state index in [0.29, 0.717) is 22.7 Å². The summed E-state index contributed by atoms with van der Waals surface area (Å²) in [5.41, 5.74) is 10.7. The lowest BCUT2D eigenvalue weighted by Gasteiger charge is -2.23. The number of fused-ring (bicyclic) bond motifs is 4. The van der Waals surface area contributed by atoms with Gasteiger partial charge >= 0.3 is 0 Å². The molecule has 162 valence electrons. The normalized spacial score (nSPS) is 11.6. The molecular formula is C26H26N4O2. The fourth-order valence-corrected chi connectivity index (χ4v) is 4.43. The van der Waals surface area contributed by atoms with Crippen LogP contribution in [0.15, 0.2) is 70.0 Å². The van der Waals surface area contributed by atoms with Crippen LogP contribution in [0.5, 0.6) is 0 Å². The van der Waals surface area contributed by atoms with E-state index in [-0.39, 0.29) is 5.56 Å². The number of furan rings is 1. The summed E-state index contributed by atoms with van der Waals surface area (Å²) in [5, 5.41) is 1.86. The summed E-state index contributed by atoms with van der Waals surface area (Å²) in [5.74, 6) is 0.711. The summed E-state index contributed by atoms with van der Waals surface area (Å²) in [6.45, 7) is 5.98. The maximum absolute atomic E-state index is 13.0. The molecule has 3 heterocycles. The van der Waals surface area contributed by atoms with Crippen molar-refractivity contribution >= 4 is 39.1 Å². The molecule has 5 rings (SSSR count). The fourth-order valence-electron chi connectivity index (χ4n) is 4.43. The average molecular weight is 427 g/mol. The van der Waals surface area contributed by atoms with E-state index in [9.17, 15) is 4.79 Å². The standard InChI is InChI=1S/C26H26N4O2/c1-3-13-29(14-4-2)22-16-23(31)30-15-7-9-18(26(30)28-22)17-11-12-20(27)24-19-8-5-6-10-21(19)32-25(17)24/h5-12,15-16H,3-4,13-14,27H2,1-2H3. The molecule has 0 bridgehead atoms. The Balaban J connectivity index is 1.81. The van der Waals surface area contributed by atoms with Crippen molar-refractivity contribution in [3.8, 4) is 11.1 Å². The molecule has 0 aliphatic carbocycles. The molecule has 0 aliphatic rings. The first-order chi connectivity index (χ1) is 15.6. The van der Waals surface area contributed by atoms with Crippen LogP contribution in [-0.4, -0.2) is 22.5 Å². The van der Waals surface area contributed by atoms with Crippen LogP contribution in [0.1, 0.15) is 26.7 Å². The van der Waals surface area contributed by atoms with Crippen molar-refractivity contribution in [1.82, 2.24) is 9.38 Å². The number of hydrogen-bond donors (Lipinski definition) is 1. The lowest BCUT2D eigenvalue weighted by molar-refractivity contribution is 0.670. The summed E-state index contributed by atoms with van der Waals surface area (Å²) < 4.78 is 7.84. The smallest absolute Gasteiger partial charge is 0.259 e. The lowest BCUT2D eigenvalue weighted by Crippen LogP contribution is -2.28. The molecule has 0 atom stereocenters. The number of para-hydroxylation sites is 1. The van der Waals surface area contributed by atoms with Crippen molar-refractivity contribution in [2.24, 2.45) is 0 Å². The van der Waals surface area contributed by atoms with Gasteiger partial charge in [0.15, 0.2) is 0 Å². The third-order valence-corrected chi connectivity index (χ3v) is 5.84. The van der Waals surface area contributed by atoms with E-state index in [1.807, 2.05) is 48.5 Å². The quantitative estimate of drug-likeness (QED) is 0.364. The number of anilines is 2. The predicted molar refractivity (Wildman–Crippen MR) is 131 cm³/mol. The highest BCUT2D eigenvalue weighted by Gasteiger charge is 2.18. The van der Waals surface area contributed by atoms with Crippen molar-refractivity contribution in [2.75, 3.05) is 23.7 Å². The Morgan fingerprint density at radius 3 is 2.56 bits per heavy atom. The van der Waals surface area contributed by atoms with Crippen molar-refractivity contribution in [3.05, 3.63) is 71.1 Å². The number of nitrogens with zero attached hydrogens (tertiary/aromatic N) is 3. The van der Waals surface area contributed by atoms with E-state index in [1.54, 1.807) is 16.7 Å². The number of rotatable bonds is 6. The van der Waals surface area contributed by atoms with E-state index in [1.165, 1.54) is 0 Å². The Bertz CT molecular complexity index is 1490. The Morgan fingerprint density at radius 2 is 1.78 bits per heavy atom. The second-order valence-electron chi connectivity index (χ2n) is 8.06. The topological polar surface area (TPSA) is 76.8 Å². The Hall–Kier alpha value is -3.80. The van der Waals surface area contributed by atoms with Crippen molar-refractivity contribution in [2.45, 2.75) is 26.7 Å². The highest BCUT2D eigenvalue weighted by Crippen LogP contribution is 2.39. The van der Waals surface area contributed by atoms with Gasteiger partial charge in [0.05, 0.1) is 5.39 Å². The van der Waals surface area contributed by atoms with Crippen molar-refractivity contribution in [3.63, 3.8) is 0 Å². The van der Waals surface area contributed by atoms with E-state index in [2.05, 4.69) is 18.7 Å². The molecule has 0 spiro atoms. The van der Waals surface area contributed by atoms with E-state index >= 15 is 0 Å². The Labute approximate surface area is 185 Å². The highest BCUT2D eigenvalue weighted by molar-refractivity contribution is 6.15. The molecule has 0 amide bonds. The van der Waals surface area contributed by atoms with Gasteiger partial charge in [-0.3, -0.25) is 9.20 Å². The first kappa shape index (κ1) is 20.1. The van der Waals surface area contributed by atoms with Crippen LogP contribution in [-0.2, 0) is 0 Å². The fraction of sp³-hybridized carbons (Fsp3) is 0.231. The summed E-state index contributed by atoms with van der Waals surface area (Å²) in [4.78, 5) is 20.1. The van der Waals surface area contributed by atoms with E-state index < -0.39 is 0 Å². The second-order valence-corrected chi connectivity index (χ2v) is 8.06. The third kappa shape index (κ3) is 3.19. The summed E-state index contributed by atoms with van der Waals surface area (Å²) in [6.07, 6.45) is 3.73.